The van der Waals surface area contributed by atoms with Crippen molar-refractivity contribution in [2.24, 2.45) is 0 Å². The molecule has 1 aromatic heterocycles. The standard InChI is InChI=1S/C23H20Cl2N4O3S/c1-33(31,32)28-6-5-20-18(12-28)22(14-4-2-3-13(7-14)11-26)27-29(20)23-17-8-15(24)9-19(25)16(17)10-21(23)30/h2-4,7-9,21,23,30H,5-6,10,12H2,1H3/t21-,23+/m0/s1. The van der Waals surface area contributed by atoms with Crippen LogP contribution in [0.15, 0.2) is 36.4 Å². The SMILES string of the molecule is CS(=O)(=O)N1CCc2c(c(-c3cccc(C#N)c3)nn2[C@@H]2c3cc(Cl)cc(Cl)c3C[C@@H]2O)C1. The predicted octanol–water partition coefficient (Wildman–Crippen LogP) is 3.55. The molecule has 3 aromatic rings. The highest BCUT2D eigenvalue weighted by atomic mass is 35.5. The van der Waals surface area contributed by atoms with Crippen molar-refractivity contribution in [2.45, 2.75) is 31.5 Å². The van der Waals surface area contributed by atoms with Gasteiger partial charge in [0.25, 0.3) is 0 Å². The van der Waals surface area contributed by atoms with Gasteiger partial charge >= 0.3 is 0 Å². The Balaban J connectivity index is 1.71. The first-order valence-electron chi connectivity index (χ1n) is 10.4. The third kappa shape index (κ3) is 3.84. The first-order valence-corrected chi connectivity index (χ1v) is 13.0. The molecule has 33 heavy (non-hydrogen) atoms. The van der Waals surface area contributed by atoms with E-state index < -0.39 is 22.2 Å². The number of rotatable bonds is 3. The third-order valence-electron chi connectivity index (χ3n) is 6.34. The zero-order valence-corrected chi connectivity index (χ0v) is 20.0. The molecule has 10 heteroatoms. The molecule has 0 amide bonds. The topological polar surface area (TPSA) is 99.2 Å². The Kier molecular flexibility index (Phi) is 5.51. The number of aliphatic hydroxyl groups is 1. The number of sulfonamides is 1. The van der Waals surface area contributed by atoms with Crippen LogP contribution in [-0.4, -0.2) is 46.5 Å². The van der Waals surface area contributed by atoms with Gasteiger partial charge in [-0.2, -0.15) is 14.7 Å². The van der Waals surface area contributed by atoms with Crippen LogP contribution in [0, 0.1) is 11.3 Å². The minimum Gasteiger partial charge on any atom is -0.390 e. The first kappa shape index (κ1) is 22.4. The van der Waals surface area contributed by atoms with Gasteiger partial charge in [-0.1, -0.05) is 35.3 Å². The summed E-state index contributed by atoms with van der Waals surface area (Å²) >= 11 is 12.7. The molecule has 0 unspecified atom stereocenters. The van der Waals surface area contributed by atoms with E-state index in [9.17, 15) is 18.8 Å². The number of hydrogen-bond donors (Lipinski definition) is 1. The summed E-state index contributed by atoms with van der Waals surface area (Å²) in [5, 5.41) is 26.2. The molecule has 0 saturated carbocycles. The molecular formula is C23H20Cl2N4O3S. The Morgan fingerprint density at radius 2 is 2.00 bits per heavy atom. The van der Waals surface area contributed by atoms with Crippen LogP contribution < -0.4 is 0 Å². The van der Waals surface area contributed by atoms with Crippen molar-refractivity contribution in [1.82, 2.24) is 14.1 Å². The average Bonchev–Trinajstić information content (AvgIpc) is 3.30. The lowest BCUT2D eigenvalue weighted by Gasteiger charge is -2.27. The van der Waals surface area contributed by atoms with Crippen molar-refractivity contribution < 1.29 is 13.5 Å². The lowest BCUT2D eigenvalue weighted by atomic mass is 10.00. The summed E-state index contributed by atoms with van der Waals surface area (Å²) in [5.74, 6) is 0. The van der Waals surface area contributed by atoms with Crippen LogP contribution in [0.2, 0.25) is 10.0 Å². The molecule has 0 fully saturated rings. The minimum atomic E-state index is -3.40. The van der Waals surface area contributed by atoms with E-state index in [1.54, 1.807) is 35.0 Å². The summed E-state index contributed by atoms with van der Waals surface area (Å²) < 4.78 is 27.8. The lowest BCUT2D eigenvalue weighted by Crippen LogP contribution is -2.36. The lowest BCUT2D eigenvalue weighted by molar-refractivity contribution is 0.136. The van der Waals surface area contributed by atoms with Gasteiger partial charge in [-0.05, 0) is 35.4 Å². The van der Waals surface area contributed by atoms with E-state index >= 15 is 0 Å². The van der Waals surface area contributed by atoms with Crippen LogP contribution in [0.1, 0.15) is 34.0 Å². The molecule has 1 aliphatic carbocycles. The maximum Gasteiger partial charge on any atom is 0.211 e. The molecule has 2 aliphatic rings. The van der Waals surface area contributed by atoms with Gasteiger partial charge in [-0.3, -0.25) is 4.68 Å². The molecule has 5 rings (SSSR count). The summed E-state index contributed by atoms with van der Waals surface area (Å²) in [6.07, 6.45) is 1.25. The molecular weight excluding hydrogens is 483 g/mol. The number of halogens is 2. The summed E-state index contributed by atoms with van der Waals surface area (Å²) in [4.78, 5) is 0. The Morgan fingerprint density at radius 1 is 1.21 bits per heavy atom. The average molecular weight is 503 g/mol. The van der Waals surface area contributed by atoms with Crippen LogP contribution in [0.4, 0.5) is 0 Å². The smallest absolute Gasteiger partial charge is 0.211 e. The normalized spacial score (nSPS) is 20.3. The molecule has 0 radical (unpaired) electrons. The molecule has 2 heterocycles. The number of nitrogens with zero attached hydrogens (tertiary/aromatic N) is 4. The fourth-order valence-corrected chi connectivity index (χ4v) is 6.20. The predicted molar refractivity (Wildman–Crippen MR) is 126 cm³/mol. The number of aromatic nitrogens is 2. The van der Waals surface area contributed by atoms with E-state index in [1.165, 1.54) is 10.6 Å². The van der Waals surface area contributed by atoms with E-state index in [4.69, 9.17) is 28.3 Å². The van der Waals surface area contributed by atoms with Gasteiger partial charge in [0.05, 0.1) is 29.7 Å². The molecule has 1 aliphatic heterocycles. The highest BCUT2D eigenvalue weighted by molar-refractivity contribution is 7.88. The van der Waals surface area contributed by atoms with Crippen molar-refractivity contribution in [3.8, 4) is 17.3 Å². The molecule has 2 aromatic carbocycles. The number of hydrogen-bond acceptors (Lipinski definition) is 5. The maximum absolute atomic E-state index is 12.3. The van der Waals surface area contributed by atoms with E-state index in [2.05, 4.69) is 6.07 Å². The Labute approximate surface area is 201 Å². The quantitative estimate of drug-likeness (QED) is 0.590. The van der Waals surface area contributed by atoms with Gasteiger partial charge in [0.15, 0.2) is 0 Å². The number of nitriles is 1. The fourth-order valence-electron chi connectivity index (χ4n) is 4.83. The van der Waals surface area contributed by atoms with E-state index in [1.807, 2.05) is 6.07 Å². The molecule has 7 nitrogen and oxygen atoms in total. The van der Waals surface area contributed by atoms with E-state index in [0.717, 1.165) is 27.9 Å². The minimum absolute atomic E-state index is 0.173. The van der Waals surface area contributed by atoms with Gasteiger partial charge in [-0.25, -0.2) is 8.42 Å². The highest BCUT2D eigenvalue weighted by Crippen LogP contribution is 2.43. The van der Waals surface area contributed by atoms with Crippen LogP contribution in [-0.2, 0) is 29.4 Å². The zero-order chi connectivity index (χ0) is 23.5. The summed E-state index contributed by atoms with van der Waals surface area (Å²) in [6, 6.07) is 12.2. The number of aliphatic hydroxyl groups excluding tert-OH is 1. The monoisotopic (exact) mass is 502 g/mol. The largest absolute Gasteiger partial charge is 0.390 e. The van der Waals surface area contributed by atoms with Crippen LogP contribution in [0.5, 0.6) is 0 Å². The molecule has 1 N–H and O–H groups in total. The van der Waals surface area contributed by atoms with Gasteiger partial charge in [0, 0.05) is 52.8 Å². The van der Waals surface area contributed by atoms with E-state index in [0.29, 0.717) is 40.7 Å². The van der Waals surface area contributed by atoms with Crippen LogP contribution in [0.3, 0.4) is 0 Å². The molecule has 170 valence electrons. The first-order chi connectivity index (χ1) is 15.7. The summed E-state index contributed by atoms with van der Waals surface area (Å²) in [7, 11) is -3.40. The highest BCUT2D eigenvalue weighted by Gasteiger charge is 2.39. The summed E-state index contributed by atoms with van der Waals surface area (Å²) in [6.45, 7) is 0.493. The zero-order valence-electron chi connectivity index (χ0n) is 17.7. The second-order valence-electron chi connectivity index (χ2n) is 8.43. The number of benzene rings is 2. The third-order valence-corrected chi connectivity index (χ3v) is 8.14. The Hall–Kier alpha value is -2.41. The van der Waals surface area contributed by atoms with Gasteiger partial charge in [-0.15, -0.1) is 0 Å². The molecule has 0 spiro atoms. The van der Waals surface area contributed by atoms with Crippen molar-refractivity contribution in [1.29, 1.82) is 5.26 Å². The van der Waals surface area contributed by atoms with Crippen molar-refractivity contribution in [2.75, 3.05) is 12.8 Å². The second-order valence-corrected chi connectivity index (χ2v) is 11.3. The molecule has 2 atom stereocenters. The van der Waals surface area contributed by atoms with Gasteiger partial charge in [0.1, 0.15) is 6.04 Å². The molecule has 0 bridgehead atoms. The van der Waals surface area contributed by atoms with Crippen LogP contribution >= 0.6 is 23.2 Å². The Bertz CT molecular complexity index is 1430. The van der Waals surface area contributed by atoms with Crippen molar-refractivity contribution in [3.63, 3.8) is 0 Å². The Morgan fingerprint density at radius 3 is 2.73 bits per heavy atom. The molecule has 0 saturated heterocycles. The van der Waals surface area contributed by atoms with Crippen molar-refractivity contribution in [3.05, 3.63) is 74.4 Å². The van der Waals surface area contributed by atoms with Crippen LogP contribution in [0.25, 0.3) is 11.3 Å². The second kappa shape index (κ2) is 8.12. The van der Waals surface area contributed by atoms with E-state index in [-0.39, 0.29) is 6.54 Å². The summed E-state index contributed by atoms with van der Waals surface area (Å²) in [5.41, 5.74) is 5.09. The van der Waals surface area contributed by atoms with Gasteiger partial charge < -0.3 is 5.11 Å². The van der Waals surface area contributed by atoms with Crippen molar-refractivity contribution >= 4 is 33.2 Å². The fraction of sp³-hybridized carbons (Fsp3) is 0.304. The maximum atomic E-state index is 12.3. The number of fused-ring (bicyclic) bond motifs is 2. The van der Waals surface area contributed by atoms with Gasteiger partial charge in [0.2, 0.25) is 10.0 Å².